The molecule has 4 aliphatic heterocycles. The van der Waals surface area contributed by atoms with Crippen LogP contribution < -0.4 is 5.32 Å². The molecule has 0 aromatic carbocycles. The molecule has 10 heteroatoms. The van der Waals surface area contributed by atoms with Gasteiger partial charge >= 0.3 is 0 Å². The number of likely N-dealkylation sites (N-methyl/N-ethyl adjacent to an activating group) is 2. The van der Waals surface area contributed by atoms with Crippen molar-refractivity contribution in [2.75, 3.05) is 159 Å². The monoisotopic (exact) mass is 1380 g/mol. The average Bonchev–Trinajstić information content (AvgIpc) is 1.63. The molecule has 1 N–H and O–H groups in total. The minimum atomic E-state index is 0.285. The Bertz CT molecular complexity index is 2020. The average molecular weight is 1380 g/mol. The van der Waals surface area contributed by atoms with Crippen LogP contribution in [0.2, 0.25) is 0 Å². The minimum absolute atomic E-state index is 0.285. The first kappa shape index (κ1) is 96.6. The highest BCUT2D eigenvalue weighted by atomic mass is 16.5. The zero-order valence-electron chi connectivity index (χ0n) is 74.2. The highest BCUT2D eigenvalue weighted by Crippen LogP contribution is 2.49. The molecule has 10 nitrogen and oxygen atoms in total. The molecule has 5 rings (SSSR count). The molecule has 584 valence electrons. The molecule has 4 saturated heterocycles. The molecule has 0 radical (unpaired) electrons. The molecule has 0 aromatic heterocycles. The summed E-state index contributed by atoms with van der Waals surface area (Å²) >= 11 is 0. The summed E-state index contributed by atoms with van der Waals surface area (Å²) < 4.78 is 23.7. The van der Waals surface area contributed by atoms with Crippen molar-refractivity contribution in [1.82, 2.24) is 10.2 Å². The van der Waals surface area contributed by atoms with Crippen molar-refractivity contribution in [3.05, 3.63) is 0 Å². The van der Waals surface area contributed by atoms with E-state index in [1.54, 1.807) is 0 Å². The first-order valence-electron chi connectivity index (χ1n) is 41.0. The molecule has 1 saturated carbocycles. The smallest absolute Gasteiger partial charge is 0.129 e. The molecular weight excluding hydrogens is 1190 g/mol. The van der Waals surface area contributed by atoms with Gasteiger partial charge in [-0.25, -0.2) is 0 Å². The zero-order valence-corrected chi connectivity index (χ0v) is 74.2. The molecule has 0 spiro atoms. The minimum Gasteiger partial charge on any atom is -0.376 e. The van der Waals surface area contributed by atoms with Crippen LogP contribution in [0.4, 0.5) is 0 Å². The topological polar surface area (TPSA) is 43.0 Å². The maximum atomic E-state index is 5.85. The standard InChI is InChI=1S/C17H37N2O.C17H36NO.C16H32N.C14H32NO.C12H27N.C11H24N/c1-16(2,3)8-9-18(7)10-14-20-15-13-19(11-12-19)17(4,5)6;1-16(2,3)10-8-7-9-14-19-15-13-18(11-12-18)17(4,5)6;1-15(2,3)9-10-17(16(4,5)6)12-13-7-8-14(17)11-13;1-13(2,3)9-11-16-12-10-15(7,8)14(4,5)6;1-11(2)13-10-8-6-7-9-12(3,4)5;1-10(2)12(8-9-12)7-6-11(3,4)5/h8-15H2,1-7H3;7-15H2,1-6H3;13-14H,7-12H2,1-6H3;9-12H2,1-8H3;11,13H,6-10H2,1-5H3;10H,6-9H2,1-5H3/q4*+1;;+1. The second-order valence-electron chi connectivity index (χ2n) is 44.7. The van der Waals surface area contributed by atoms with E-state index >= 15 is 0 Å². The fourth-order valence-corrected chi connectivity index (χ4v) is 13.7. The number of rotatable bonds is 32. The van der Waals surface area contributed by atoms with E-state index in [0.717, 1.165) is 88.2 Å². The lowest BCUT2D eigenvalue weighted by molar-refractivity contribution is -0.986. The summed E-state index contributed by atoms with van der Waals surface area (Å²) in [7, 11) is 6.74. The Kier molecular flexibility index (Phi) is 40.7. The number of hydrogen-bond donors (Lipinski definition) is 1. The predicted molar refractivity (Wildman–Crippen MR) is 432 cm³/mol. The zero-order chi connectivity index (χ0) is 75.7. The van der Waals surface area contributed by atoms with E-state index in [9.17, 15) is 0 Å². The van der Waals surface area contributed by atoms with Gasteiger partial charge in [-0.3, -0.25) is 0 Å². The molecule has 5 aliphatic rings. The van der Waals surface area contributed by atoms with E-state index in [4.69, 9.17) is 14.2 Å². The summed E-state index contributed by atoms with van der Waals surface area (Å²) in [5.41, 5.74) is 4.32. The van der Waals surface area contributed by atoms with Crippen LogP contribution in [0.1, 0.15) is 332 Å². The summed E-state index contributed by atoms with van der Waals surface area (Å²) in [4.78, 5) is 2.39. The van der Waals surface area contributed by atoms with Crippen LogP contribution in [-0.2, 0) is 14.2 Å². The van der Waals surface area contributed by atoms with Crippen molar-refractivity contribution >= 4 is 0 Å². The number of likely N-dealkylation sites (tertiary alicyclic amines) is 1. The van der Waals surface area contributed by atoms with Gasteiger partial charge in [-0.2, -0.15) is 0 Å². The summed E-state index contributed by atoms with van der Waals surface area (Å²) in [6.45, 7) is 104. The predicted octanol–water partition coefficient (Wildman–Crippen LogP) is 21.0. The van der Waals surface area contributed by atoms with E-state index in [0.29, 0.717) is 55.1 Å². The van der Waals surface area contributed by atoms with Gasteiger partial charge in [0.2, 0.25) is 0 Å². The Labute approximate surface area is 613 Å². The highest BCUT2D eigenvalue weighted by molar-refractivity contribution is 4.88. The van der Waals surface area contributed by atoms with E-state index in [2.05, 4.69) is 267 Å². The van der Waals surface area contributed by atoms with Crippen molar-refractivity contribution in [3.8, 4) is 0 Å². The molecule has 1 aliphatic carbocycles. The van der Waals surface area contributed by atoms with Crippen molar-refractivity contribution in [3.63, 3.8) is 0 Å². The lowest BCUT2D eigenvalue weighted by Gasteiger charge is -2.52. The van der Waals surface area contributed by atoms with Crippen LogP contribution >= 0.6 is 0 Å². The molecule has 5 fully saturated rings. The molecule has 0 aromatic rings. The number of nitrogens with zero attached hydrogens (tertiary/aromatic N) is 6. The van der Waals surface area contributed by atoms with Gasteiger partial charge in [-0.1, -0.05) is 164 Å². The molecular formula is C87H188N7O3+5. The second kappa shape index (κ2) is 40.9. The van der Waals surface area contributed by atoms with Gasteiger partial charge in [-0.05, 0) is 201 Å². The molecule has 97 heavy (non-hydrogen) atoms. The quantitative estimate of drug-likeness (QED) is 0.0413. The molecule has 2 bridgehead atoms. The SMILES string of the molecule is CC(C)(C)CCCCCOCC[N+]1(C(C)(C)C)CC1.CC(C)(C)CCOCC[N+](C)(C)C(C)(C)C.CC(C)(C)CC[N+]1(C(C)(C)C)CC2CCC1C2.CC(C)NCCCCCC(C)(C)C.CC(C)[N+]1(CCC(C)(C)C)CC1.CN(CCOCC[N+]1(C(C)(C)C)CC1)CCC(C)(C)C. The van der Waals surface area contributed by atoms with Crippen molar-refractivity contribution < 1.29 is 36.6 Å². The number of ether oxygens (including phenoxy) is 3. The van der Waals surface area contributed by atoms with Crippen LogP contribution in [0.15, 0.2) is 0 Å². The summed E-state index contributed by atoms with van der Waals surface area (Å²) in [5.74, 6) is 1.04. The third-order valence-corrected chi connectivity index (χ3v) is 23.6. The van der Waals surface area contributed by atoms with Gasteiger partial charge in [0, 0.05) is 51.0 Å². The maximum Gasteiger partial charge on any atom is 0.129 e. The number of unbranched alkanes of at least 4 members (excludes halogenated alkanes) is 4. The number of nitrogens with one attached hydrogen (secondary N) is 1. The van der Waals surface area contributed by atoms with Crippen LogP contribution in [-0.4, -0.2) is 227 Å². The van der Waals surface area contributed by atoms with Crippen molar-refractivity contribution in [2.45, 2.75) is 372 Å². The second-order valence-corrected chi connectivity index (χ2v) is 44.7. The first-order chi connectivity index (χ1) is 43.6. The van der Waals surface area contributed by atoms with Crippen LogP contribution in [0.5, 0.6) is 0 Å². The maximum absolute atomic E-state index is 5.85. The van der Waals surface area contributed by atoms with E-state index in [1.165, 1.54) is 186 Å². The summed E-state index contributed by atoms with van der Waals surface area (Å²) in [6.07, 6.45) is 20.3. The van der Waals surface area contributed by atoms with Gasteiger partial charge in [0.1, 0.15) is 58.9 Å². The number of quaternary nitrogens is 5. The lowest BCUT2D eigenvalue weighted by Crippen LogP contribution is -2.64. The van der Waals surface area contributed by atoms with Crippen molar-refractivity contribution in [2.24, 2.45) is 38.4 Å². The summed E-state index contributed by atoms with van der Waals surface area (Å²) in [5, 5.41) is 3.44. The van der Waals surface area contributed by atoms with Gasteiger partial charge in [0.15, 0.2) is 0 Å². The van der Waals surface area contributed by atoms with Gasteiger partial charge in [0.05, 0.1) is 94.4 Å². The summed E-state index contributed by atoms with van der Waals surface area (Å²) in [6, 6.07) is 2.46. The van der Waals surface area contributed by atoms with Crippen LogP contribution in [0, 0.1) is 38.4 Å². The first-order valence-corrected chi connectivity index (χ1v) is 41.0. The van der Waals surface area contributed by atoms with Gasteiger partial charge < -0.3 is 46.8 Å². The Morgan fingerprint density at radius 1 is 0.412 bits per heavy atom. The Morgan fingerprint density at radius 2 is 0.835 bits per heavy atom. The van der Waals surface area contributed by atoms with E-state index in [1.807, 2.05) is 0 Å². The van der Waals surface area contributed by atoms with E-state index < -0.39 is 0 Å². The molecule has 3 atom stereocenters. The highest BCUT2D eigenvalue weighted by Gasteiger charge is 2.57. The molecule has 3 unspecified atom stereocenters. The van der Waals surface area contributed by atoms with E-state index in [-0.39, 0.29) is 5.54 Å². The Morgan fingerprint density at radius 3 is 1.19 bits per heavy atom. The van der Waals surface area contributed by atoms with Gasteiger partial charge in [0.25, 0.3) is 0 Å². The Balaban J connectivity index is 0.00000115. The van der Waals surface area contributed by atoms with Crippen molar-refractivity contribution in [1.29, 1.82) is 0 Å². The number of fused-ring (bicyclic) bond motifs is 2. The number of piperidine rings is 1. The van der Waals surface area contributed by atoms with Crippen LogP contribution in [0.3, 0.4) is 0 Å². The third kappa shape index (κ3) is 43.6. The Hall–Kier alpha value is -0.400. The third-order valence-electron chi connectivity index (χ3n) is 23.6. The fourth-order valence-electron chi connectivity index (χ4n) is 13.7. The van der Waals surface area contributed by atoms with Gasteiger partial charge in [-0.15, -0.1) is 0 Å². The number of hydrogen-bond acceptors (Lipinski definition) is 5. The fraction of sp³-hybridized carbons (Fsp3) is 1.00. The molecule has 0 amide bonds. The van der Waals surface area contributed by atoms with Crippen LogP contribution in [0.25, 0.3) is 0 Å². The lowest BCUT2D eigenvalue weighted by atomic mass is 9.88. The normalized spacial score (nSPS) is 20.8. The largest absolute Gasteiger partial charge is 0.376 e. The molecule has 4 heterocycles.